The summed E-state index contributed by atoms with van der Waals surface area (Å²) in [5, 5.41) is 9.92. The highest BCUT2D eigenvalue weighted by atomic mass is 16.3. The van der Waals surface area contributed by atoms with Crippen LogP contribution in [-0.4, -0.2) is 10.9 Å². The highest BCUT2D eigenvalue weighted by molar-refractivity contribution is 5.98. The molecule has 0 aromatic heterocycles. The molecule has 0 radical (unpaired) electrons. The normalized spacial score (nSPS) is 11.9. The van der Waals surface area contributed by atoms with Crippen LogP contribution in [0.4, 0.5) is 0 Å². The van der Waals surface area contributed by atoms with Gasteiger partial charge in [-0.2, -0.15) is 0 Å². The van der Waals surface area contributed by atoms with Gasteiger partial charge in [-0.15, -0.1) is 0 Å². The number of carbonyl (C=O) groups excluding carboxylic acids is 1. The highest BCUT2D eigenvalue weighted by Crippen LogP contribution is 2.28. The number of carbonyl (C=O) groups is 1. The Hall–Kier alpha value is -1.31. The first-order chi connectivity index (χ1) is 7.71. The first-order valence-electron chi connectivity index (χ1n) is 6.08. The molecule has 0 unspecified atom stereocenters. The zero-order valence-electron chi connectivity index (χ0n) is 11.4. The molecule has 0 aliphatic heterocycles. The molecule has 0 amide bonds. The van der Waals surface area contributed by atoms with Crippen LogP contribution in [-0.2, 0) is 5.41 Å². The molecule has 0 bridgehead atoms. The minimum atomic E-state index is -0.0168. The van der Waals surface area contributed by atoms with Crippen molar-refractivity contribution in [1.29, 1.82) is 0 Å². The Labute approximate surface area is 104 Å². The van der Waals surface area contributed by atoms with Gasteiger partial charge in [0.15, 0.2) is 5.78 Å². The van der Waals surface area contributed by atoms with Crippen LogP contribution in [0, 0.1) is 5.92 Å². The molecule has 0 fully saturated rings. The molecular formula is C15H22O2. The maximum atomic E-state index is 11.9. The van der Waals surface area contributed by atoms with Crippen LogP contribution in [0.15, 0.2) is 18.2 Å². The predicted octanol–water partition coefficient (Wildman–Crippen LogP) is 3.92. The van der Waals surface area contributed by atoms with Gasteiger partial charge in [0.25, 0.3) is 0 Å². The van der Waals surface area contributed by atoms with E-state index in [1.807, 2.05) is 19.9 Å². The van der Waals surface area contributed by atoms with Crippen LogP contribution in [0.25, 0.3) is 0 Å². The van der Waals surface area contributed by atoms with Gasteiger partial charge in [0.2, 0.25) is 0 Å². The fraction of sp³-hybridized carbons (Fsp3) is 0.533. The Kier molecular flexibility index (Phi) is 3.97. The Morgan fingerprint density at radius 3 is 2.29 bits per heavy atom. The maximum Gasteiger partial charge on any atom is 0.166 e. The van der Waals surface area contributed by atoms with Crippen LogP contribution in [0.1, 0.15) is 57.0 Å². The molecule has 1 aromatic rings. The third-order valence-corrected chi connectivity index (χ3v) is 2.76. The largest absolute Gasteiger partial charge is 0.507 e. The summed E-state index contributed by atoms with van der Waals surface area (Å²) >= 11 is 0. The number of aromatic hydroxyl groups is 1. The summed E-state index contributed by atoms with van der Waals surface area (Å²) in [7, 11) is 0. The molecule has 0 aliphatic rings. The number of ketones is 1. The van der Waals surface area contributed by atoms with Gasteiger partial charge in [0, 0.05) is 6.42 Å². The lowest BCUT2D eigenvalue weighted by atomic mass is 9.86. The molecule has 0 heterocycles. The molecule has 0 aliphatic carbocycles. The van der Waals surface area contributed by atoms with Crippen molar-refractivity contribution >= 4 is 5.78 Å². The Bertz CT molecular complexity index is 411. The average Bonchev–Trinajstić information content (AvgIpc) is 2.14. The van der Waals surface area contributed by atoms with Gasteiger partial charge >= 0.3 is 0 Å². The number of Topliss-reactive ketones (excluding diaryl/α,β-unsaturated/α-hetero) is 1. The molecule has 0 atom stereocenters. The van der Waals surface area contributed by atoms with E-state index in [4.69, 9.17) is 0 Å². The van der Waals surface area contributed by atoms with Gasteiger partial charge < -0.3 is 5.11 Å². The fourth-order valence-electron chi connectivity index (χ4n) is 1.71. The Morgan fingerprint density at radius 1 is 1.29 bits per heavy atom. The van der Waals surface area contributed by atoms with Crippen molar-refractivity contribution in [3.05, 3.63) is 29.3 Å². The van der Waals surface area contributed by atoms with Crippen LogP contribution >= 0.6 is 0 Å². The molecule has 1 aromatic carbocycles. The van der Waals surface area contributed by atoms with Gasteiger partial charge in [-0.25, -0.2) is 0 Å². The topological polar surface area (TPSA) is 37.3 Å². The SMILES string of the molecule is CC(C)CC(=O)c1ccc(C(C)(C)C)cc1O. The van der Waals surface area contributed by atoms with Crippen molar-refractivity contribution in [2.24, 2.45) is 5.92 Å². The second kappa shape index (κ2) is 4.91. The molecule has 0 saturated carbocycles. The first kappa shape index (κ1) is 13.8. The monoisotopic (exact) mass is 234 g/mol. The van der Waals surface area contributed by atoms with E-state index < -0.39 is 0 Å². The minimum absolute atomic E-state index is 0.0120. The molecule has 94 valence electrons. The number of phenols is 1. The molecule has 0 spiro atoms. The number of benzene rings is 1. The van der Waals surface area contributed by atoms with Crippen LogP contribution in [0.3, 0.4) is 0 Å². The molecule has 0 saturated heterocycles. The van der Waals surface area contributed by atoms with Gasteiger partial charge in [-0.05, 0) is 29.0 Å². The first-order valence-corrected chi connectivity index (χ1v) is 6.08. The summed E-state index contributed by atoms with van der Waals surface area (Å²) in [6.45, 7) is 10.2. The molecule has 17 heavy (non-hydrogen) atoms. The average molecular weight is 234 g/mol. The van der Waals surface area contributed by atoms with Crippen LogP contribution < -0.4 is 0 Å². The molecule has 2 nitrogen and oxygen atoms in total. The van der Waals surface area contributed by atoms with Gasteiger partial charge in [0.05, 0.1) is 5.56 Å². The van der Waals surface area contributed by atoms with Crippen molar-refractivity contribution < 1.29 is 9.90 Å². The standard InChI is InChI=1S/C15H22O2/c1-10(2)8-13(16)12-7-6-11(9-14(12)17)15(3,4)5/h6-7,9-10,17H,8H2,1-5H3. The summed E-state index contributed by atoms with van der Waals surface area (Å²) in [4.78, 5) is 11.9. The lowest BCUT2D eigenvalue weighted by Gasteiger charge is -2.19. The summed E-state index contributed by atoms with van der Waals surface area (Å²) in [6, 6.07) is 5.36. The van der Waals surface area contributed by atoms with Crippen molar-refractivity contribution in [1.82, 2.24) is 0 Å². The second-order valence-corrected chi connectivity index (χ2v) is 6.00. The number of hydrogen-bond acceptors (Lipinski definition) is 2. The number of hydrogen-bond donors (Lipinski definition) is 1. The lowest BCUT2D eigenvalue weighted by molar-refractivity contribution is 0.0965. The lowest BCUT2D eigenvalue weighted by Crippen LogP contribution is -2.12. The van der Waals surface area contributed by atoms with Crippen LogP contribution in [0.5, 0.6) is 5.75 Å². The Morgan fingerprint density at radius 2 is 1.88 bits per heavy atom. The van der Waals surface area contributed by atoms with E-state index in [2.05, 4.69) is 20.8 Å². The van der Waals surface area contributed by atoms with E-state index in [0.717, 1.165) is 5.56 Å². The molecule has 1 N–H and O–H groups in total. The van der Waals surface area contributed by atoms with E-state index in [1.54, 1.807) is 12.1 Å². The fourth-order valence-corrected chi connectivity index (χ4v) is 1.71. The maximum absolute atomic E-state index is 11.9. The van der Waals surface area contributed by atoms with E-state index in [1.165, 1.54) is 0 Å². The zero-order chi connectivity index (χ0) is 13.2. The summed E-state index contributed by atoms with van der Waals surface area (Å²) < 4.78 is 0. The van der Waals surface area contributed by atoms with Crippen molar-refractivity contribution in [3.63, 3.8) is 0 Å². The molecule has 1 rings (SSSR count). The zero-order valence-corrected chi connectivity index (χ0v) is 11.4. The van der Waals surface area contributed by atoms with E-state index >= 15 is 0 Å². The van der Waals surface area contributed by atoms with Crippen molar-refractivity contribution in [2.45, 2.75) is 46.5 Å². The highest BCUT2D eigenvalue weighted by Gasteiger charge is 2.18. The van der Waals surface area contributed by atoms with E-state index in [0.29, 0.717) is 17.9 Å². The third kappa shape index (κ3) is 3.58. The molecule has 2 heteroatoms. The minimum Gasteiger partial charge on any atom is -0.507 e. The van der Waals surface area contributed by atoms with E-state index in [-0.39, 0.29) is 16.9 Å². The van der Waals surface area contributed by atoms with Gasteiger partial charge in [0.1, 0.15) is 5.75 Å². The third-order valence-electron chi connectivity index (χ3n) is 2.76. The van der Waals surface area contributed by atoms with E-state index in [9.17, 15) is 9.90 Å². The van der Waals surface area contributed by atoms with Gasteiger partial charge in [-0.3, -0.25) is 4.79 Å². The van der Waals surface area contributed by atoms with Crippen molar-refractivity contribution in [2.75, 3.05) is 0 Å². The number of rotatable bonds is 3. The number of phenolic OH excluding ortho intramolecular Hbond substituents is 1. The Balaban J connectivity index is 3.02. The smallest absolute Gasteiger partial charge is 0.166 e. The summed E-state index contributed by atoms with van der Waals surface area (Å²) in [6.07, 6.45) is 0.475. The molecular weight excluding hydrogens is 212 g/mol. The quantitative estimate of drug-likeness (QED) is 0.805. The van der Waals surface area contributed by atoms with Crippen molar-refractivity contribution in [3.8, 4) is 5.75 Å². The summed E-state index contributed by atoms with van der Waals surface area (Å²) in [5.41, 5.74) is 1.46. The second-order valence-electron chi connectivity index (χ2n) is 6.00. The van der Waals surface area contributed by atoms with Crippen LogP contribution in [0.2, 0.25) is 0 Å². The van der Waals surface area contributed by atoms with Gasteiger partial charge in [-0.1, -0.05) is 40.7 Å². The summed E-state index contributed by atoms with van der Waals surface area (Å²) in [5.74, 6) is 0.422. The predicted molar refractivity (Wildman–Crippen MR) is 70.6 cm³/mol.